The summed E-state index contributed by atoms with van der Waals surface area (Å²) in [5.41, 5.74) is 4.89. The molecule has 4 aromatic carbocycles. The number of ether oxygens (including phenoxy) is 2. The van der Waals surface area contributed by atoms with Crippen LogP contribution in [0, 0.1) is 0 Å². The maximum absolute atomic E-state index is 7.68. The molecule has 0 radical (unpaired) electrons. The van der Waals surface area contributed by atoms with Gasteiger partial charge in [0, 0.05) is 6.66 Å². The zero-order valence-corrected chi connectivity index (χ0v) is 19.4. The SMILES string of the molecule is COc1ccc(-c2ccccc2)cc1.COc1ccc(-c2ccccc2)cc1.CP(O)O. The third-order valence-electron chi connectivity index (χ3n) is 4.39. The molecule has 4 nitrogen and oxygen atoms in total. The van der Waals surface area contributed by atoms with E-state index in [0.717, 1.165) is 11.5 Å². The lowest BCUT2D eigenvalue weighted by atomic mass is 10.1. The predicted molar refractivity (Wildman–Crippen MR) is 134 cm³/mol. The average molecular weight is 448 g/mol. The largest absolute Gasteiger partial charge is 0.497 e. The molecule has 0 aliphatic rings. The van der Waals surface area contributed by atoms with E-state index >= 15 is 0 Å². The molecule has 0 saturated carbocycles. The van der Waals surface area contributed by atoms with Crippen molar-refractivity contribution in [1.82, 2.24) is 0 Å². The fourth-order valence-electron chi connectivity index (χ4n) is 2.83. The van der Waals surface area contributed by atoms with Crippen LogP contribution >= 0.6 is 8.38 Å². The van der Waals surface area contributed by atoms with E-state index in [2.05, 4.69) is 48.5 Å². The van der Waals surface area contributed by atoms with Gasteiger partial charge in [-0.05, 0) is 46.5 Å². The first-order chi connectivity index (χ1) is 15.5. The molecule has 0 bridgehead atoms. The Morgan fingerprint density at radius 1 is 0.469 bits per heavy atom. The lowest BCUT2D eigenvalue weighted by molar-refractivity contribution is 0.415. The van der Waals surface area contributed by atoms with Crippen molar-refractivity contribution in [2.75, 3.05) is 20.9 Å². The van der Waals surface area contributed by atoms with Crippen LogP contribution in [0.2, 0.25) is 0 Å². The Balaban J connectivity index is 0.000000195. The summed E-state index contributed by atoms with van der Waals surface area (Å²) in [5, 5.41) is 0. The number of hydrogen-bond donors (Lipinski definition) is 2. The van der Waals surface area contributed by atoms with Crippen molar-refractivity contribution < 1.29 is 19.3 Å². The number of methoxy groups -OCH3 is 2. The van der Waals surface area contributed by atoms with E-state index in [1.54, 1.807) is 14.2 Å². The second-order valence-electron chi connectivity index (χ2n) is 6.68. The van der Waals surface area contributed by atoms with Crippen LogP contribution in [0.5, 0.6) is 11.5 Å². The lowest BCUT2D eigenvalue weighted by Crippen LogP contribution is -1.82. The summed E-state index contributed by atoms with van der Waals surface area (Å²) in [6.07, 6.45) is 0. The van der Waals surface area contributed by atoms with Gasteiger partial charge in [-0.2, -0.15) is 0 Å². The van der Waals surface area contributed by atoms with E-state index in [4.69, 9.17) is 19.3 Å². The lowest BCUT2D eigenvalue weighted by Gasteiger charge is -2.02. The van der Waals surface area contributed by atoms with Gasteiger partial charge < -0.3 is 19.3 Å². The van der Waals surface area contributed by atoms with Gasteiger partial charge in [0.25, 0.3) is 0 Å². The zero-order chi connectivity index (χ0) is 23.2. The number of benzene rings is 4. The highest BCUT2D eigenvalue weighted by atomic mass is 31.2. The van der Waals surface area contributed by atoms with Gasteiger partial charge in [-0.15, -0.1) is 0 Å². The molecular weight excluding hydrogens is 419 g/mol. The molecule has 0 amide bonds. The van der Waals surface area contributed by atoms with E-state index < -0.39 is 8.38 Å². The van der Waals surface area contributed by atoms with Crippen molar-refractivity contribution in [2.45, 2.75) is 0 Å². The second kappa shape index (κ2) is 14.0. The molecule has 32 heavy (non-hydrogen) atoms. The normalized spacial score (nSPS) is 9.69. The van der Waals surface area contributed by atoms with Gasteiger partial charge in [0.1, 0.15) is 11.5 Å². The summed E-state index contributed by atoms with van der Waals surface area (Å²) in [7, 11) is 1.74. The summed E-state index contributed by atoms with van der Waals surface area (Å²) >= 11 is 0. The van der Waals surface area contributed by atoms with Crippen molar-refractivity contribution in [3.63, 3.8) is 0 Å². The Hall–Kier alpha value is -3.17. The number of hydrogen-bond acceptors (Lipinski definition) is 4. The fourth-order valence-corrected chi connectivity index (χ4v) is 2.83. The monoisotopic (exact) mass is 448 g/mol. The maximum Gasteiger partial charge on any atom is 0.161 e. The van der Waals surface area contributed by atoms with Gasteiger partial charge in [0.05, 0.1) is 14.2 Å². The van der Waals surface area contributed by atoms with Crippen LogP contribution in [-0.2, 0) is 0 Å². The standard InChI is InChI=1S/2C13H12O.CH5O2P/c2*1-14-13-9-7-12(8-10-13)11-5-3-2-4-6-11;1-4(2)3/h2*2-10H,1H3;2-3H,1H3. The van der Waals surface area contributed by atoms with Crippen molar-refractivity contribution in [2.24, 2.45) is 0 Å². The molecule has 4 rings (SSSR count). The van der Waals surface area contributed by atoms with E-state index in [0.29, 0.717) is 0 Å². The van der Waals surface area contributed by atoms with E-state index in [-0.39, 0.29) is 0 Å². The molecule has 0 spiro atoms. The molecule has 0 heterocycles. The highest BCUT2D eigenvalue weighted by Crippen LogP contribution is 2.22. The van der Waals surface area contributed by atoms with E-state index in [1.165, 1.54) is 28.9 Å². The topological polar surface area (TPSA) is 58.9 Å². The van der Waals surface area contributed by atoms with Crippen LogP contribution in [0.3, 0.4) is 0 Å². The summed E-state index contributed by atoms with van der Waals surface area (Å²) < 4.78 is 10.2. The molecule has 4 aromatic rings. The van der Waals surface area contributed by atoms with Crippen LogP contribution in [0.1, 0.15) is 0 Å². The van der Waals surface area contributed by atoms with Crippen LogP contribution in [0.25, 0.3) is 22.3 Å². The highest BCUT2D eigenvalue weighted by molar-refractivity contribution is 7.44. The summed E-state index contributed by atoms with van der Waals surface area (Å²) in [4.78, 5) is 15.4. The van der Waals surface area contributed by atoms with Crippen LogP contribution < -0.4 is 9.47 Å². The number of rotatable bonds is 4. The molecule has 166 valence electrons. The second-order valence-corrected chi connectivity index (χ2v) is 7.66. The first kappa shape index (κ1) is 25.1. The van der Waals surface area contributed by atoms with Gasteiger partial charge >= 0.3 is 0 Å². The summed E-state index contributed by atoms with van der Waals surface area (Å²) in [5.74, 6) is 1.79. The molecule has 5 heteroatoms. The van der Waals surface area contributed by atoms with Crippen molar-refractivity contribution in [1.29, 1.82) is 0 Å². The molecular formula is C27H29O4P. The Morgan fingerprint density at radius 3 is 0.969 bits per heavy atom. The van der Waals surface area contributed by atoms with Crippen LogP contribution in [-0.4, -0.2) is 30.7 Å². The first-order valence-corrected chi connectivity index (χ1v) is 11.7. The Labute approximate surface area is 191 Å². The predicted octanol–water partition coefficient (Wildman–Crippen LogP) is 6.64. The smallest absolute Gasteiger partial charge is 0.161 e. The zero-order valence-electron chi connectivity index (χ0n) is 18.6. The van der Waals surface area contributed by atoms with Gasteiger partial charge in [-0.1, -0.05) is 84.9 Å². The van der Waals surface area contributed by atoms with Crippen LogP contribution in [0.4, 0.5) is 0 Å². The molecule has 0 atom stereocenters. The summed E-state index contributed by atoms with van der Waals surface area (Å²) in [6, 6.07) is 36.8. The Bertz CT molecular complexity index is 917. The molecule has 2 N–H and O–H groups in total. The highest BCUT2D eigenvalue weighted by Gasteiger charge is 1.97. The molecule has 0 saturated heterocycles. The van der Waals surface area contributed by atoms with Gasteiger partial charge in [-0.3, -0.25) is 0 Å². The minimum absolute atomic E-state index is 0.893. The minimum atomic E-state index is -1.62. The Kier molecular flexibility index (Phi) is 11.0. The summed E-state index contributed by atoms with van der Waals surface area (Å²) in [6.45, 7) is 1.34. The maximum atomic E-state index is 7.68. The molecule has 0 aromatic heterocycles. The molecule has 0 unspecified atom stereocenters. The fraction of sp³-hybridized carbons (Fsp3) is 0.111. The van der Waals surface area contributed by atoms with Crippen molar-refractivity contribution in [3.8, 4) is 33.8 Å². The quantitative estimate of drug-likeness (QED) is 0.344. The minimum Gasteiger partial charge on any atom is -0.497 e. The van der Waals surface area contributed by atoms with Gasteiger partial charge in [-0.25, -0.2) is 0 Å². The first-order valence-electron chi connectivity index (χ1n) is 10.0. The van der Waals surface area contributed by atoms with Crippen molar-refractivity contribution in [3.05, 3.63) is 109 Å². The Morgan fingerprint density at radius 2 is 0.719 bits per heavy atom. The van der Waals surface area contributed by atoms with E-state index in [1.807, 2.05) is 60.7 Å². The molecule has 0 aliphatic carbocycles. The van der Waals surface area contributed by atoms with Gasteiger partial charge in [0.2, 0.25) is 0 Å². The third kappa shape index (κ3) is 8.91. The third-order valence-corrected chi connectivity index (χ3v) is 4.39. The van der Waals surface area contributed by atoms with Gasteiger partial charge in [0.15, 0.2) is 8.38 Å². The molecule has 0 fully saturated rings. The van der Waals surface area contributed by atoms with Crippen LogP contribution in [0.15, 0.2) is 109 Å². The van der Waals surface area contributed by atoms with E-state index in [9.17, 15) is 0 Å². The average Bonchev–Trinajstić information content (AvgIpc) is 2.85. The van der Waals surface area contributed by atoms with Crippen molar-refractivity contribution >= 4 is 8.38 Å². The molecule has 0 aliphatic heterocycles.